The van der Waals surface area contributed by atoms with E-state index in [1.54, 1.807) is 0 Å². The van der Waals surface area contributed by atoms with Crippen LogP contribution in [0.4, 0.5) is 0 Å². The van der Waals surface area contributed by atoms with E-state index in [2.05, 4.69) is 37.4 Å². The predicted molar refractivity (Wildman–Crippen MR) is 83.5 cm³/mol. The Morgan fingerprint density at radius 1 is 1.45 bits per heavy atom. The highest BCUT2D eigenvalue weighted by atomic mass is 32.2. The van der Waals surface area contributed by atoms with Crippen molar-refractivity contribution in [1.82, 2.24) is 5.32 Å². The van der Waals surface area contributed by atoms with Crippen molar-refractivity contribution in [2.75, 3.05) is 6.54 Å². The first kappa shape index (κ1) is 15.4. The molecule has 1 aromatic carbocycles. The molecular formula is C16H23NO2S. The number of carboxylic acid groups (broad SMARTS) is 1. The molecule has 20 heavy (non-hydrogen) atoms. The third kappa shape index (κ3) is 3.18. The summed E-state index contributed by atoms with van der Waals surface area (Å²) < 4.78 is 0. The quantitative estimate of drug-likeness (QED) is 0.874. The van der Waals surface area contributed by atoms with E-state index in [1.807, 2.05) is 18.7 Å². The van der Waals surface area contributed by atoms with Crippen molar-refractivity contribution in [3.05, 3.63) is 29.3 Å². The molecule has 0 heterocycles. The van der Waals surface area contributed by atoms with Crippen LogP contribution in [0.3, 0.4) is 0 Å². The van der Waals surface area contributed by atoms with Crippen molar-refractivity contribution in [1.29, 1.82) is 0 Å². The second-order valence-electron chi connectivity index (χ2n) is 5.65. The van der Waals surface area contributed by atoms with Crippen LogP contribution in [0.25, 0.3) is 0 Å². The third-order valence-corrected chi connectivity index (χ3v) is 5.44. The zero-order valence-electron chi connectivity index (χ0n) is 12.4. The SMILES string of the molecule is CCNC1(C(=O)O)CCC(Sc2ccc(C)c(C)c2)C1. The van der Waals surface area contributed by atoms with E-state index < -0.39 is 11.5 Å². The lowest BCUT2D eigenvalue weighted by Crippen LogP contribution is -2.50. The Morgan fingerprint density at radius 2 is 2.20 bits per heavy atom. The van der Waals surface area contributed by atoms with E-state index >= 15 is 0 Å². The van der Waals surface area contributed by atoms with Crippen LogP contribution in [-0.2, 0) is 4.79 Å². The number of rotatable bonds is 5. The minimum Gasteiger partial charge on any atom is -0.480 e. The normalized spacial score (nSPS) is 25.9. The molecule has 1 aromatic rings. The van der Waals surface area contributed by atoms with E-state index in [-0.39, 0.29) is 0 Å². The Kier molecular flexibility index (Phi) is 4.76. The topological polar surface area (TPSA) is 49.3 Å². The summed E-state index contributed by atoms with van der Waals surface area (Å²) in [7, 11) is 0. The Bertz CT molecular complexity index is 503. The summed E-state index contributed by atoms with van der Waals surface area (Å²) in [5.41, 5.74) is 1.88. The second-order valence-corrected chi connectivity index (χ2v) is 7.02. The second kappa shape index (κ2) is 6.19. The molecule has 0 radical (unpaired) electrons. The molecule has 2 rings (SSSR count). The van der Waals surface area contributed by atoms with Crippen molar-refractivity contribution >= 4 is 17.7 Å². The van der Waals surface area contributed by atoms with Crippen LogP contribution in [0.5, 0.6) is 0 Å². The molecule has 0 bridgehead atoms. The number of thioether (sulfide) groups is 1. The fraction of sp³-hybridized carbons (Fsp3) is 0.562. The Labute approximate surface area is 125 Å². The Balaban J connectivity index is 2.05. The zero-order chi connectivity index (χ0) is 14.8. The van der Waals surface area contributed by atoms with Crippen LogP contribution in [-0.4, -0.2) is 28.4 Å². The highest BCUT2D eigenvalue weighted by Crippen LogP contribution is 2.40. The first-order valence-electron chi connectivity index (χ1n) is 7.19. The smallest absolute Gasteiger partial charge is 0.323 e. The molecule has 2 unspecified atom stereocenters. The van der Waals surface area contributed by atoms with Crippen LogP contribution in [0, 0.1) is 13.8 Å². The van der Waals surface area contributed by atoms with E-state index in [4.69, 9.17) is 0 Å². The van der Waals surface area contributed by atoms with E-state index in [1.165, 1.54) is 16.0 Å². The number of nitrogens with one attached hydrogen (secondary N) is 1. The summed E-state index contributed by atoms with van der Waals surface area (Å²) in [4.78, 5) is 12.8. The summed E-state index contributed by atoms with van der Waals surface area (Å²) in [5.74, 6) is -0.706. The summed E-state index contributed by atoms with van der Waals surface area (Å²) in [6, 6.07) is 6.48. The molecule has 1 aliphatic rings. The lowest BCUT2D eigenvalue weighted by Gasteiger charge is -2.25. The van der Waals surface area contributed by atoms with Crippen molar-refractivity contribution in [3.8, 4) is 0 Å². The first-order chi connectivity index (χ1) is 9.47. The molecule has 0 amide bonds. The number of benzene rings is 1. The number of aryl methyl sites for hydroxylation is 2. The summed E-state index contributed by atoms with van der Waals surface area (Å²) in [6.45, 7) is 6.90. The molecule has 0 saturated heterocycles. The lowest BCUT2D eigenvalue weighted by molar-refractivity contribution is -0.144. The standard InChI is InChI=1S/C16H23NO2S/c1-4-17-16(15(18)19)8-7-14(10-16)20-13-6-5-11(2)12(3)9-13/h5-6,9,14,17H,4,7-8,10H2,1-3H3,(H,18,19). The van der Waals surface area contributed by atoms with Gasteiger partial charge in [-0.2, -0.15) is 0 Å². The number of likely N-dealkylation sites (N-methyl/N-ethyl adjacent to an activating group) is 1. The Hall–Kier alpha value is -1.00. The summed E-state index contributed by atoms with van der Waals surface area (Å²) in [6.07, 6.45) is 2.38. The molecule has 0 aromatic heterocycles. The first-order valence-corrected chi connectivity index (χ1v) is 8.07. The molecule has 2 N–H and O–H groups in total. The largest absolute Gasteiger partial charge is 0.480 e. The van der Waals surface area contributed by atoms with Crippen LogP contribution < -0.4 is 5.32 Å². The molecular weight excluding hydrogens is 270 g/mol. The number of hydrogen-bond donors (Lipinski definition) is 2. The Morgan fingerprint density at radius 3 is 2.80 bits per heavy atom. The van der Waals surface area contributed by atoms with Crippen LogP contribution in [0.1, 0.15) is 37.3 Å². The van der Waals surface area contributed by atoms with Gasteiger partial charge in [-0.1, -0.05) is 13.0 Å². The van der Waals surface area contributed by atoms with Gasteiger partial charge in [-0.3, -0.25) is 4.79 Å². The van der Waals surface area contributed by atoms with Gasteiger partial charge in [0.15, 0.2) is 0 Å². The minimum atomic E-state index is -0.716. The highest BCUT2D eigenvalue weighted by Gasteiger charge is 2.45. The molecule has 0 aliphatic heterocycles. The zero-order valence-corrected chi connectivity index (χ0v) is 13.2. The molecule has 1 aliphatic carbocycles. The van der Waals surface area contributed by atoms with Crippen LogP contribution in [0.15, 0.2) is 23.1 Å². The maximum Gasteiger partial charge on any atom is 0.323 e. The van der Waals surface area contributed by atoms with Crippen LogP contribution >= 0.6 is 11.8 Å². The average Bonchev–Trinajstić information content (AvgIpc) is 2.79. The molecule has 110 valence electrons. The van der Waals surface area contributed by atoms with Crippen molar-refractivity contribution in [2.45, 2.75) is 55.7 Å². The maximum atomic E-state index is 11.5. The van der Waals surface area contributed by atoms with Crippen molar-refractivity contribution in [2.24, 2.45) is 0 Å². The number of carboxylic acids is 1. The molecule has 4 heteroatoms. The van der Waals surface area contributed by atoms with Gasteiger partial charge >= 0.3 is 5.97 Å². The molecule has 0 spiro atoms. The average molecular weight is 293 g/mol. The number of aliphatic carboxylic acids is 1. The van der Waals surface area contributed by atoms with Gasteiger partial charge in [0.25, 0.3) is 0 Å². The van der Waals surface area contributed by atoms with E-state index in [0.717, 1.165) is 12.8 Å². The van der Waals surface area contributed by atoms with Gasteiger partial charge in [0.05, 0.1) is 0 Å². The van der Waals surface area contributed by atoms with Crippen molar-refractivity contribution in [3.63, 3.8) is 0 Å². The highest BCUT2D eigenvalue weighted by molar-refractivity contribution is 8.00. The predicted octanol–water partition coefficient (Wildman–Crippen LogP) is 3.38. The van der Waals surface area contributed by atoms with Gasteiger partial charge in [0, 0.05) is 10.1 Å². The minimum absolute atomic E-state index is 0.382. The van der Waals surface area contributed by atoms with Gasteiger partial charge in [0.1, 0.15) is 5.54 Å². The third-order valence-electron chi connectivity index (χ3n) is 4.17. The van der Waals surface area contributed by atoms with E-state index in [0.29, 0.717) is 18.2 Å². The summed E-state index contributed by atoms with van der Waals surface area (Å²) in [5, 5.41) is 13.0. The fourth-order valence-electron chi connectivity index (χ4n) is 2.85. The maximum absolute atomic E-state index is 11.5. The van der Waals surface area contributed by atoms with Gasteiger partial charge in [-0.05, 0) is 62.9 Å². The number of carbonyl (C=O) groups is 1. The van der Waals surface area contributed by atoms with E-state index in [9.17, 15) is 9.90 Å². The van der Waals surface area contributed by atoms with Gasteiger partial charge in [-0.25, -0.2) is 0 Å². The molecule has 3 nitrogen and oxygen atoms in total. The molecule has 1 fully saturated rings. The number of hydrogen-bond acceptors (Lipinski definition) is 3. The van der Waals surface area contributed by atoms with Gasteiger partial charge in [0.2, 0.25) is 0 Å². The van der Waals surface area contributed by atoms with Crippen molar-refractivity contribution < 1.29 is 9.90 Å². The van der Waals surface area contributed by atoms with Gasteiger partial charge < -0.3 is 10.4 Å². The molecule has 2 atom stereocenters. The molecule has 1 saturated carbocycles. The van der Waals surface area contributed by atoms with Gasteiger partial charge in [-0.15, -0.1) is 11.8 Å². The summed E-state index contributed by atoms with van der Waals surface area (Å²) >= 11 is 1.82. The van der Waals surface area contributed by atoms with Crippen LogP contribution in [0.2, 0.25) is 0 Å². The fourth-order valence-corrected chi connectivity index (χ4v) is 4.23. The monoisotopic (exact) mass is 293 g/mol. The lowest BCUT2D eigenvalue weighted by atomic mass is 9.98.